The first kappa shape index (κ1) is 19.6. The van der Waals surface area contributed by atoms with Crippen LogP contribution in [0.15, 0.2) is 35.3 Å². The molecule has 24 heavy (non-hydrogen) atoms. The quantitative estimate of drug-likeness (QED) is 0.494. The molecular formula is C13H13F6N3O2. The molecule has 5 nitrogen and oxygen atoms in total. The van der Waals surface area contributed by atoms with Crippen molar-refractivity contribution in [1.82, 2.24) is 5.32 Å². The van der Waals surface area contributed by atoms with Gasteiger partial charge in [0.1, 0.15) is 5.84 Å². The first-order valence-corrected chi connectivity index (χ1v) is 6.43. The Hall–Kier alpha value is -2.46. The van der Waals surface area contributed by atoms with Crippen LogP contribution in [0.1, 0.15) is 12.5 Å². The maximum atomic E-state index is 13.2. The van der Waals surface area contributed by atoms with Gasteiger partial charge in [-0.05, 0) is 6.92 Å². The topological polar surface area (TPSA) is 76.7 Å². The van der Waals surface area contributed by atoms with E-state index < -0.39 is 36.6 Å². The van der Waals surface area contributed by atoms with Crippen molar-refractivity contribution in [3.8, 4) is 0 Å². The van der Waals surface area contributed by atoms with Crippen LogP contribution in [0.25, 0.3) is 0 Å². The van der Waals surface area contributed by atoms with Gasteiger partial charge >= 0.3 is 24.1 Å². The zero-order chi connectivity index (χ0) is 18.6. The van der Waals surface area contributed by atoms with Crippen LogP contribution in [-0.4, -0.2) is 36.6 Å². The second-order valence-electron chi connectivity index (χ2n) is 4.41. The summed E-state index contributed by atoms with van der Waals surface area (Å²) in [6.07, 6.45) is -14.0. The molecule has 0 fully saturated rings. The number of alkyl halides is 6. The molecule has 1 amide bonds. The van der Waals surface area contributed by atoms with E-state index in [9.17, 15) is 31.1 Å². The zero-order valence-corrected chi connectivity index (χ0v) is 12.2. The molecular weight excluding hydrogens is 344 g/mol. The molecule has 0 unspecified atom stereocenters. The number of alkyl carbamates (subject to hydrolysis) is 1. The highest BCUT2D eigenvalue weighted by atomic mass is 19.4. The summed E-state index contributed by atoms with van der Waals surface area (Å²) in [7, 11) is 0. The minimum absolute atomic E-state index is 0.180. The lowest BCUT2D eigenvalue weighted by Gasteiger charge is -2.34. The van der Waals surface area contributed by atoms with E-state index in [-0.39, 0.29) is 5.56 Å². The normalized spacial score (nSPS) is 13.5. The second-order valence-corrected chi connectivity index (χ2v) is 4.41. The molecule has 1 rings (SSSR count). The number of amidine groups is 1. The molecule has 0 bridgehead atoms. The van der Waals surface area contributed by atoms with Crippen molar-refractivity contribution in [2.75, 3.05) is 6.61 Å². The van der Waals surface area contributed by atoms with Crippen molar-refractivity contribution >= 4 is 11.9 Å². The van der Waals surface area contributed by atoms with Gasteiger partial charge in [-0.3, -0.25) is 5.32 Å². The molecule has 0 aliphatic carbocycles. The lowest BCUT2D eigenvalue weighted by atomic mass is 10.1. The van der Waals surface area contributed by atoms with Gasteiger partial charge in [-0.25, -0.2) is 9.79 Å². The summed E-state index contributed by atoms with van der Waals surface area (Å²) in [4.78, 5) is 13.8. The predicted molar refractivity (Wildman–Crippen MR) is 72.2 cm³/mol. The standard InChI is InChI=1S/C13H13F6N3O2/c1-2-24-10(23)22-11(12(14,15)16,13(17,18)19)21-9(20)8-6-4-3-5-7-8/h3-7H,2H2,1H3,(H2,20,21)(H,22,23). The van der Waals surface area contributed by atoms with E-state index >= 15 is 0 Å². The van der Waals surface area contributed by atoms with Crippen molar-refractivity contribution in [1.29, 1.82) is 0 Å². The number of nitrogens with two attached hydrogens (primary N) is 1. The van der Waals surface area contributed by atoms with Crippen LogP contribution in [0.2, 0.25) is 0 Å². The van der Waals surface area contributed by atoms with Crippen LogP contribution in [0.3, 0.4) is 0 Å². The monoisotopic (exact) mass is 357 g/mol. The maximum Gasteiger partial charge on any atom is 0.441 e. The minimum atomic E-state index is -6.02. The number of halogens is 6. The Morgan fingerprint density at radius 1 is 1.12 bits per heavy atom. The van der Waals surface area contributed by atoms with E-state index in [1.165, 1.54) is 37.3 Å². The number of nitrogens with one attached hydrogen (secondary N) is 1. The minimum Gasteiger partial charge on any atom is -0.450 e. The van der Waals surface area contributed by atoms with Crippen molar-refractivity contribution in [2.24, 2.45) is 10.7 Å². The number of hydrogen-bond acceptors (Lipinski definition) is 3. The third-order valence-corrected chi connectivity index (χ3v) is 2.74. The zero-order valence-electron chi connectivity index (χ0n) is 12.2. The van der Waals surface area contributed by atoms with Gasteiger partial charge in [-0.15, -0.1) is 0 Å². The van der Waals surface area contributed by atoms with Crippen LogP contribution < -0.4 is 11.1 Å². The number of ether oxygens (including phenoxy) is 1. The van der Waals surface area contributed by atoms with Crippen LogP contribution >= 0.6 is 0 Å². The van der Waals surface area contributed by atoms with Gasteiger partial charge in [0.15, 0.2) is 0 Å². The van der Waals surface area contributed by atoms with Crippen molar-refractivity contribution < 1.29 is 35.9 Å². The summed E-state index contributed by atoms with van der Waals surface area (Å²) in [6, 6.07) is 6.51. The molecule has 0 aliphatic rings. The first-order chi connectivity index (χ1) is 10.9. The molecule has 1 aromatic rings. The van der Waals surface area contributed by atoms with Gasteiger partial charge in [0.25, 0.3) is 0 Å². The van der Waals surface area contributed by atoms with Gasteiger partial charge in [0, 0.05) is 5.56 Å². The maximum absolute atomic E-state index is 13.2. The Kier molecular flexibility index (Phi) is 5.69. The molecule has 0 saturated heterocycles. The number of amides is 1. The smallest absolute Gasteiger partial charge is 0.441 e. The summed E-state index contributed by atoms with van der Waals surface area (Å²) in [5, 5.41) is 0.733. The van der Waals surface area contributed by atoms with Gasteiger partial charge in [0.2, 0.25) is 0 Å². The third kappa shape index (κ3) is 4.09. The molecule has 3 N–H and O–H groups in total. The van der Waals surface area contributed by atoms with E-state index in [0.29, 0.717) is 0 Å². The molecule has 134 valence electrons. The summed E-state index contributed by atoms with van der Waals surface area (Å²) < 4.78 is 83.3. The van der Waals surface area contributed by atoms with Gasteiger partial charge in [0.05, 0.1) is 6.61 Å². The van der Waals surface area contributed by atoms with Crippen LogP contribution in [0, 0.1) is 0 Å². The number of nitrogens with zero attached hydrogens (tertiary/aromatic N) is 1. The van der Waals surface area contributed by atoms with Crippen LogP contribution in [0.5, 0.6) is 0 Å². The van der Waals surface area contributed by atoms with E-state index in [1.54, 1.807) is 0 Å². The Morgan fingerprint density at radius 2 is 1.62 bits per heavy atom. The largest absolute Gasteiger partial charge is 0.450 e. The lowest BCUT2D eigenvalue weighted by Crippen LogP contribution is -2.67. The van der Waals surface area contributed by atoms with E-state index in [4.69, 9.17) is 5.73 Å². The fourth-order valence-electron chi connectivity index (χ4n) is 1.63. The number of hydrogen-bond donors (Lipinski definition) is 2. The molecule has 0 aromatic heterocycles. The summed E-state index contributed by atoms with van der Waals surface area (Å²) >= 11 is 0. The van der Waals surface area contributed by atoms with Crippen molar-refractivity contribution in [2.45, 2.75) is 24.9 Å². The molecule has 1 aromatic carbocycles. The summed E-state index contributed by atoms with van der Waals surface area (Å²) in [6.45, 7) is 0.777. The first-order valence-electron chi connectivity index (χ1n) is 6.43. The molecule has 0 saturated carbocycles. The average Bonchev–Trinajstić information content (AvgIpc) is 2.45. The highest BCUT2D eigenvalue weighted by Gasteiger charge is 2.73. The van der Waals surface area contributed by atoms with Crippen LogP contribution in [0.4, 0.5) is 31.1 Å². The number of rotatable bonds is 4. The highest BCUT2D eigenvalue weighted by molar-refractivity contribution is 5.97. The Labute approximate surface area is 132 Å². The lowest BCUT2D eigenvalue weighted by molar-refractivity contribution is -0.302. The number of carbonyl (C=O) groups is 1. The highest BCUT2D eigenvalue weighted by Crippen LogP contribution is 2.44. The third-order valence-electron chi connectivity index (χ3n) is 2.74. The molecule has 0 radical (unpaired) electrons. The molecule has 0 atom stereocenters. The van der Waals surface area contributed by atoms with Gasteiger partial charge in [-0.1, -0.05) is 30.3 Å². The second kappa shape index (κ2) is 6.97. The Morgan fingerprint density at radius 3 is 2.04 bits per heavy atom. The number of carbonyl (C=O) groups excluding carboxylic acids is 1. The summed E-state index contributed by atoms with van der Waals surface area (Å²) in [5.41, 5.74) is 0.164. The molecule has 0 spiro atoms. The van der Waals surface area contributed by atoms with E-state index in [0.717, 1.165) is 5.32 Å². The molecule has 11 heteroatoms. The Balaban J connectivity index is 3.49. The Bertz CT molecular complexity index is 584. The SMILES string of the molecule is CCOC(=O)NC(/N=C(\N)c1ccccc1)(C(F)(F)F)C(F)(F)F. The molecule has 0 aliphatic heterocycles. The number of aliphatic imine (C=N–C) groups is 1. The average molecular weight is 357 g/mol. The van der Waals surface area contributed by atoms with Gasteiger partial charge < -0.3 is 10.5 Å². The van der Waals surface area contributed by atoms with E-state index in [2.05, 4.69) is 9.73 Å². The predicted octanol–water partition coefficient (Wildman–Crippen LogP) is 2.96. The molecule has 0 heterocycles. The van der Waals surface area contributed by atoms with Gasteiger partial charge in [-0.2, -0.15) is 26.3 Å². The fourth-order valence-corrected chi connectivity index (χ4v) is 1.63. The van der Waals surface area contributed by atoms with Crippen molar-refractivity contribution in [3.63, 3.8) is 0 Å². The number of benzene rings is 1. The van der Waals surface area contributed by atoms with E-state index in [1.807, 2.05) is 0 Å². The summed E-state index contributed by atoms with van der Waals surface area (Å²) in [5.74, 6) is -1.05. The fraction of sp³-hybridized carbons (Fsp3) is 0.385. The van der Waals surface area contributed by atoms with Crippen molar-refractivity contribution in [3.05, 3.63) is 35.9 Å². The van der Waals surface area contributed by atoms with Crippen LogP contribution in [-0.2, 0) is 4.74 Å².